The van der Waals surface area contributed by atoms with Crippen LogP contribution in [0.25, 0.3) is 10.9 Å². The summed E-state index contributed by atoms with van der Waals surface area (Å²) in [4.78, 5) is 97.9. The zero-order valence-corrected chi connectivity index (χ0v) is 38.1. The minimum absolute atomic E-state index is 0.0204. The van der Waals surface area contributed by atoms with E-state index in [1.807, 2.05) is 12.1 Å². The van der Waals surface area contributed by atoms with Gasteiger partial charge < -0.3 is 68.8 Å². The van der Waals surface area contributed by atoms with E-state index in [9.17, 15) is 54.0 Å². The van der Waals surface area contributed by atoms with Crippen molar-refractivity contribution in [2.24, 2.45) is 11.5 Å². The van der Waals surface area contributed by atoms with E-state index < -0.39 is 95.9 Å². The number of phenols is 1. The highest BCUT2D eigenvalue weighted by Crippen LogP contribution is 2.20. The van der Waals surface area contributed by atoms with E-state index in [0.717, 1.165) is 23.4 Å². The summed E-state index contributed by atoms with van der Waals surface area (Å²) < 4.78 is 0. The lowest BCUT2D eigenvalue weighted by molar-refractivity contribution is -0.146. The van der Waals surface area contributed by atoms with Crippen LogP contribution in [-0.4, -0.2) is 134 Å². The van der Waals surface area contributed by atoms with Crippen molar-refractivity contribution < 1.29 is 54.0 Å². The maximum atomic E-state index is 14.5. The van der Waals surface area contributed by atoms with Crippen LogP contribution in [0.1, 0.15) is 49.8 Å². The zero-order valence-electron chi connectivity index (χ0n) is 37.2. The molecule has 21 heteroatoms. The van der Waals surface area contributed by atoms with Crippen LogP contribution < -0.4 is 43.4 Å². The first-order chi connectivity index (χ1) is 31.9. The molecule has 0 saturated heterocycles. The number of nitrogens with two attached hydrogens (primary N) is 2. The van der Waals surface area contributed by atoms with E-state index >= 15 is 0 Å². The SMILES string of the molecule is C[C@@H](O)[C@H](NC(=O)[C@@H](NC(=O)[C@H](CCCCN)NC(=O)[C@@H](Cc1c[nH]c2ccccc12)NC(=O)[C@H](Cc1ccc(O)cc1)NC(=O)[C@H](CS)NC(=O)[C@H](N)Cc1ccccc1)[C@@H](C)O)C(=O)O. The molecule has 0 aliphatic heterocycles. The fraction of sp³-hybridized carbons (Fsp3) is 0.413. The quantitative estimate of drug-likeness (QED) is 0.0267. The Bertz CT molecular complexity index is 2300. The molecule has 362 valence electrons. The van der Waals surface area contributed by atoms with Crippen LogP contribution in [0.2, 0.25) is 0 Å². The van der Waals surface area contributed by atoms with Gasteiger partial charge in [0.1, 0.15) is 36.0 Å². The van der Waals surface area contributed by atoms with Crippen LogP contribution >= 0.6 is 12.6 Å². The smallest absolute Gasteiger partial charge is 0.328 e. The second kappa shape index (κ2) is 26.0. The third-order valence-electron chi connectivity index (χ3n) is 10.9. The van der Waals surface area contributed by atoms with Gasteiger partial charge in [-0.1, -0.05) is 60.7 Å². The molecule has 3 aromatic carbocycles. The number of aromatic hydroxyl groups is 1. The van der Waals surface area contributed by atoms with Gasteiger partial charge in [0.25, 0.3) is 0 Å². The molecule has 9 atom stereocenters. The van der Waals surface area contributed by atoms with Crippen molar-refractivity contribution in [3.8, 4) is 5.75 Å². The van der Waals surface area contributed by atoms with Crippen LogP contribution in [0.15, 0.2) is 85.1 Å². The van der Waals surface area contributed by atoms with Gasteiger partial charge in [0.05, 0.1) is 18.2 Å². The Morgan fingerprint density at radius 2 is 1.13 bits per heavy atom. The van der Waals surface area contributed by atoms with Crippen molar-refractivity contribution in [1.82, 2.24) is 36.9 Å². The number of aliphatic hydroxyl groups is 2. The Morgan fingerprint density at radius 1 is 0.612 bits per heavy atom. The number of unbranched alkanes of at least 4 members (excludes halogenated alkanes) is 1. The summed E-state index contributed by atoms with van der Waals surface area (Å²) in [7, 11) is 0. The predicted molar refractivity (Wildman–Crippen MR) is 251 cm³/mol. The average molecular weight is 948 g/mol. The fourth-order valence-electron chi connectivity index (χ4n) is 7.11. The lowest BCUT2D eigenvalue weighted by Gasteiger charge is -2.28. The summed E-state index contributed by atoms with van der Waals surface area (Å²) in [6.07, 6.45) is -0.830. The average Bonchev–Trinajstić information content (AvgIpc) is 3.71. The molecule has 0 aliphatic carbocycles. The van der Waals surface area contributed by atoms with Gasteiger partial charge in [-0.3, -0.25) is 28.8 Å². The molecular weight excluding hydrogens is 887 g/mol. The van der Waals surface area contributed by atoms with E-state index in [1.165, 1.54) is 31.2 Å². The zero-order chi connectivity index (χ0) is 49.2. The maximum absolute atomic E-state index is 14.5. The molecule has 0 aliphatic rings. The van der Waals surface area contributed by atoms with Crippen LogP contribution in [-0.2, 0) is 52.8 Å². The number of amides is 6. The number of aromatic amines is 1. The second-order valence-corrected chi connectivity index (χ2v) is 16.6. The Kier molecular flexibility index (Phi) is 20.6. The van der Waals surface area contributed by atoms with Crippen molar-refractivity contribution in [2.75, 3.05) is 12.3 Å². The molecule has 4 rings (SSSR count). The molecule has 6 amide bonds. The number of fused-ring (bicyclic) bond motifs is 1. The Hall–Kier alpha value is -6.52. The van der Waals surface area contributed by atoms with E-state index in [2.05, 4.69) is 49.5 Å². The Labute approximate surface area is 392 Å². The molecule has 15 N–H and O–H groups in total. The molecule has 67 heavy (non-hydrogen) atoms. The van der Waals surface area contributed by atoms with Crippen molar-refractivity contribution in [2.45, 2.75) is 107 Å². The number of carboxylic acids is 1. The molecule has 0 bridgehead atoms. The Balaban J connectivity index is 1.64. The van der Waals surface area contributed by atoms with E-state index in [-0.39, 0.29) is 43.7 Å². The van der Waals surface area contributed by atoms with Crippen molar-refractivity contribution in [3.05, 3.63) is 102 Å². The molecule has 20 nitrogen and oxygen atoms in total. The largest absolute Gasteiger partial charge is 0.508 e. The fourth-order valence-corrected chi connectivity index (χ4v) is 7.37. The van der Waals surface area contributed by atoms with Crippen LogP contribution in [0.4, 0.5) is 0 Å². The molecule has 0 spiro atoms. The van der Waals surface area contributed by atoms with Gasteiger partial charge in [0.15, 0.2) is 6.04 Å². The number of aromatic nitrogens is 1. The van der Waals surface area contributed by atoms with E-state index in [4.69, 9.17) is 11.5 Å². The number of carbonyl (C=O) groups excluding carboxylic acids is 6. The number of carboxylic acid groups (broad SMARTS) is 1. The highest BCUT2D eigenvalue weighted by atomic mass is 32.1. The second-order valence-electron chi connectivity index (χ2n) is 16.2. The summed E-state index contributed by atoms with van der Waals surface area (Å²) >= 11 is 4.28. The number of aliphatic carboxylic acids is 1. The summed E-state index contributed by atoms with van der Waals surface area (Å²) in [5, 5.41) is 55.7. The van der Waals surface area contributed by atoms with Gasteiger partial charge in [-0.25, -0.2) is 4.79 Å². The maximum Gasteiger partial charge on any atom is 0.328 e. The first kappa shape index (κ1) is 53.1. The number of thiol groups is 1. The van der Waals surface area contributed by atoms with Crippen LogP contribution in [0, 0.1) is 0 Å². The number of para-hydroxylation sites is 1. The van der Waals surface area contributed by atoms with Gasteiger partial charge in [0, 0.05) is 35.7 Å². The van der Waals surface area contributed by atoms with E-state index in [1.54, 1.807) is 48.7 Å². The van der Waals surface area contributed by atoms with Crippen molar-refractivity contribution >= 4 is 64.9 Å². The van der Waals surface area contributed by atoms with Crippen LogP contribution in [0.3, 0.4) is 0 Å². The number of hydrogen-bond donors (Lipinski definition) is 14. The monoisotopic (exact) mass is 947 g/mol. The number of H-pyrrole nitrogens is 1. The summed E-state index contributed by atoms with van der Waals surface area (Å²) in [6.45, 7) is 2.55. The topological polar surface area (TPSA) is 340 Å². The lowest BCUT2D eigenvalue weighted by Crippen LogP contribution is -2.62. The van der Waals surface area contributed by atoms with Gasteiger partial charge in [-0.05, 0) is 81.0 Å². The van der Waals surface area contributed by atoms with Gasteiger partial charge in [-0.15, -0.1) is 0 Å². The molecule has 0 radical (unpaired) electrons. The first-order valence-electron chi connectivity index (χ1n) is 21.8. The summed E-state index contributed by atoms with van der Waals surface area (Å²) in [5.74, 6) is -6.97. The highest BCUT2D eigenvalue weighted by Gasteiger charge is 2.36. The normalized spacial score (nSPS) is 15.3. The molecule has 1 aromatic heterocycles. The third-order valence-corrected chi connectivity index (χ3v) is 11.2. The van der Waals surface area contributed by atoms with Crippen LogP contribution in [0.5, 0.6) is 5.75 Å². The number of aliphatic hydroxyl groups excluding tert-OH is 2. The molecule has 4 aromatic rings. The molecule has 0 unspecified atom stereocenters. The van der Waals surface area contributed by atoms with Crippen molar-refractivity contribution in [3.63, 3.8) is 0 Å². The highest BCUT2D eigenvalue weighted by molar-refractivity contribution is 7.80. The number of phenolic OH excluding ortho intramolecular Hbond substituents is 1. The predicted octanol–water partition coefficient (Wildman–Crippen LogP) is -0.957. The van der Waals surface area contributed by atoms with Gasteiger partial charge in [0.2, 0.25) is 35.4 Å². The number of nitrogens with one attached hydrogen (secondary N) is 7. The van der Waals surface area contributed by atoms with E-state index in [0.29, 0.717) is 24.0 Å². The number of benzene rings is 3. The molecule has 0 saturated carbocycles. The lowest BCUT2D eigenvalue weighted by atomic mass is 10.0. The minimum Gasteiger partial charge on any atom is -0.508 e. The summed E-state index contributed by atoms with van der Waals surface area (Å²) in [5.41, 5.74) is 14.5. The third kappa shape index (κ3) is 16.1. The standard InChI is InChI=1S/C46H61N9O11S/c1-25(56)38(45(64)55-39(26(2)57)46(65)66)54-41(60)34(14-8-9-19-47)50-43(62)36(22-29-23-49-33-13-7-6-12-31(29)33)52-42(61)35(21-28-15-17-30(58)18-16-28)51-44(63)37(24-67)53-40(59)32(48)20-27-10-4-3-5-11-27/h3-7,10-13,15-18,23,25-26,32,34-39,49,56-58,67H,8-9,14,19-22,24,47-48H2,1-2H3,(H,50,62)(H,51,63)(H,52,61)(H,53,59)(H,54,60)(H,55,64)(H,65,66)/t25-,26-,32-,34+,35+,36-,37+,38+,39+/m1/s1. The molecule has 0 fully saturated rings. The first-order valence-corrected chi connectivity index (χ1v) is 22.4. The molecule has 1 heterocycles. The number of rotatable bonds is 26. The molecular formula is C46H61N9O11S. The number of hydrogen-bond acceptors (Lipinski definition) is 13. The Morgan fingerprint density at radius 3 is 1.73 bits per heavy atom. The minimum atomic E-state index is -1.77. The van der Waals surface area contributed by atoms with Gasteiger partial charge in [-0.2, -0.15) is 12.6 Å². The van der Waals surface area contributed by atoms with Crippen molar-refractivity contribution in [1.29, 1.82) is 0 Å². The number of carbonyl (C=O) groups is 7. The van der Waals surface area contributed by atoms with Gasteiger partial charge >= 0.3 is 5.97 Å². The summed E-state index contributed by atoms with van der Waals surface area (Å²) in [6, 6.07) is 12.1.